The Morgan fingerprint density at radius 1 is 1.08 bits per heavy atom. The Morgan fingerprint density at radius 3 is 2.46 bits per heavy atom. The number of aromatic nitrogens is 1. The predicted octanol–water partition coefficient (Wildman–Crippen LogP) is 4.91. The van der Waals surface area contributed by atoms with Crippen LogP contribution < -0.4 is 4.74 Å². The van der Waals surface area contributed by atoms with Crippen LogP contribution in [-0.2, 0) is 0 Å². The summed E-state index contributed by atoms with van der Waals surface area (Å²) in [6.07, 6.45) is 2.98. The number of hydrogen-bond acceptors (Lipinski definition) is 1. The van der Waals surface area contributed by atoms with Crippen molar-refractivity contribution in [1.82, 2.24) is 4.48 Å². The minimum atomic E-state index is -4.19. The van der Waals surface area contributed by atoms with Gasteiger partial charge in [0.05, 0.1) is 17.3 Å². The largest absolute Gasteiger partial charge is 0.738 e. The first-order chi connectivity index (χ1) is 12.3. The minimum absolute atomic E-state index is 0.0457. The van der Waals surface area contributed by atoms with Crippen LogP contribution in [-0.4, -0.2) is 27.7 Å². The van der Waals surface area contributed by atoms with E-state index in [-0.39, 0.29) is 31.9 Å². The van der Waals surface area contributed by atoms with Gasteiger partial charge in [-0.2, -0.15) is 0 Å². The molecule has 3 heterocycles. The SMILES string of the molecule is COc1cc(F)c(F)cc1C1=C2C=CC(Br)=[N+]2[B-](F)(F)n2c(Br)ccc21. The van der Waals surface area contributed by atoms with Gasteiger partial charge in [0.15, 0.2) is 17.3 Å². The first-order valence-corrected chi connectivity index (χ1v) is 9.03. The van der Waals surface area contributed by atoms with E-state index in [1.54, 1.807) is 0 Å². The van der Waals surface area contributed by atoms with E-state index in [0.29, 0.717) is 5.57 Å². The van der Waals surface area contributed by atoms with Crippen LogP contribution in [0.3, 0.4) is 0 Å². The fourth-order valence-electron chi connectivity index (χ4n) is 3.30. The summed E-state index contributed by atoms with van der Waals surface area (Å²) in [4.78, 5) is 0. The number of halogens is 6. The Kier molecular flexibility index (Phi) is 3.96. The maximum atomic E-state index is 15.1. The highest BCUT2D eigenvalue weighted by Crippen LogP contribution is 2.44. The Bertz CT molecular complexity index is 1060. The third-order valence-corrected chi connectivity index (χ3v) is 5.67. The highest BCUT2D eigenvalue weighted by molar-refractivity contribution is 9.18. The van der Waals surface area contributed by atoms with E-state index < -0.39 is 18.6 Å². The average Bonchev–Trinajstić information content (AvgIpc) is 3.15. The quantitative estimate of drug-likeness (QED) is 0.431. The van der Waals surface area contributed by atoms with Gasteiger partial charge in [-0.05, 0) is 34.1 Å². The van der Waals surface area contributed by atoms with Crippen LogP contribution in [0.2, 0.25) is 0 Å². The first kappa shape index (κ1) is 17.6. The van der Waals surface area contributed by atoms with E-state index in [4.69, 9.17) is 4.74 Å². The van der Waals surface area contributed by atoms with Crippen LogP contribution in [0.5, 0.6) is 5.75 Å². The molecule has 10 heteroatoms. The van der Waals surface area contributed by atoms with Crippen molar-refractivity contribution in [3.05, 3.63) is 69.6 Å². The zero-order valence-corrected chi connectivity index (χ0v) is 16.3. The van der Waals surface area contributed by atoms with Gasteiger partial charge >= 0.3 is 6.97 Å². The van der Waals surface area contributed by atoms with Gasteiger partial charge in [0, 0.05) is 45.4 Å². The highest BCUT2D eigenvalue weighted by atomic mass is 79.9. The number of hydrogen-bond donors (Lipinski definition) is 0. The molecule has 1 aromatic heterocycles. The molecule has 3 nitrogen and oxygen atoms in total. The summed E-state index contributed by atoms with van der Waals surface area (Å²) in [5.74, 6) is -2.13. The van der Waals surface area contributed by atoms with Crippen molar-refractivity contribution in [3.8, 4) is 5.75 Å². The van der Waals surface area contributed by atoms with Gasteiger partial charge in [0.1, 0.15) is 5.75 Å². The van der Waals surface area contributed by atoms with Crippen LogP contribution >= 0.6 is 31.9 Å². The van der Waals surface area contributed by atoms with Gasteiger partial charge in [0.25, 0.3) is 0 Å². The maximum Gasteiger partial charge on any atom is 0.738 e. The topological polar surface area (TPSA) is 17.2 Å². The average molecular weight is 492 g/mol. The Morgan fingerprint density at radius 2 is 1.77 bits per heavy atom. The molecule has 2 aliphatic heterocycles. The number of nitrogens with zero attached hydrogens (tertiary/aromatic N) is 2. The molecule has 26 heavy (non-hydrogen) atoms. The second kappa shape index (κ2) is 5.85. The summed E-state index contributed by atoms with van der Waals surface area (Å²) in [6.45, 7) is -4.19. The van der Waals surface area contributed by atoms with E-state index >= 15 is 8.63 Å². The molecule has 0 saturated heterocycles. The third-order valence-electron chi connectivity index (χ3n) is 4.38. The number of methoxy groups -OCH3 is 1. The van der Waals surface area contributed by atoms with Gasteiger partial charge in [-0.1, -0.05) is 0 Å². The molecule has 0 radical (unpaired) electrons. The van der Waals surface area contributed by atoms with Gasteiger partial charge in [0.2, 0.25) is 4.62 Å². The first-order valence-electron chi connectivity index (χ1n) is 7.44. The fourth-order valence-corrected chi connectivity index (χ4v) is 4.44. The molecule has 2 aromatic rings. The summed E-state index contributed by atoms with van der Waals surface area (Å²) in [7, 11) is 1.31. The normalized spacial score (nSPS) is 17.7. The van der Waals surface area contributed by atoms with Crippen molar-refractivity contribution in [2.45, 2.75) is 0 Å². The van der Waals surface area contributed by atoms with Crippen molar-refractivity contribution in [2.24, 2.45) is 0 Å². The van der Waals surface area contributed by atoms with E-state index in [9.17, 15) is 8.78 Å². The summed E-state index contributed by atoms with van der Waals surface area (Å²) in [6, 6.07) is 4.84. The molecule has 0 saturated carbocycles. The fraction of sp³-hybridized carbons (Fsp3) is 0.0625. The lowest BCUT2D eigenvalue weighted by Crippen LogP contribution is -2.50. The zero-order valence-electron chi connectivity index (χ0n) is 13.1. The van der Waals surface area contributed by atoms with Gasteiger partial charge in [-0.3, -0.25) is 0 Å². The molecular formula is C16H9BBr2F4N2O. The highest BCUT2D eigenvalue weighted by Gasteiger charge is 2.54. The lowest BCUT2D eigenvalue weighted by atomic mass is 9.86. The standard InChI is InChI=1S/C16H9BBr2F4N2O/c1-26-13-7-10(21)9(20)6-8(13)16-11-2-4-14(18)24(11)17(22,23)25-12(16)3-5-15(25)19/h2-7H,1H3. The van der Waals surface area contributed by atoms with Crippen LogP contribution in [0.4, 0.5) is 17.4 Å². The summed E-state index contributed by atoms with van der Waals surface area (Å²) in [5.41, 5.74) is 0.829. The van der Waals surface area contributed by atoms with Crippen molar-refractivity contribution in [2.75, 3.05) is 7.11 Å². The third kappa shape index (κ3) is 2.28. The molecule has 0 bridgehead atoms. The van der Waals surface area contributed by atoms with Crippen LogP contribution in [0.25, 0.3) is 5.57 Å². The monoisotopic (exact) mass is 490 g/mol. The molecule has 0 unspecified atom stereocenters. The second-order valence-corrected chi connectivity index (χ2v) is 7.38. The molecule has 0 aliphatic carbocycles. The molecular weight excluding hydrogens is 483 g/mol. The summed E-state index contributed by atoms with van der Waals surface area (Å²) in [5, 5.41) is 0. The molecule has 0 atom stereocenters. The summed E-state index contributed by atoms with van der Waals surface area (Å²) >= 11 is 6.29. The smallest absolute Gasteiger partial charge is 0.496 e. The summed E-state index contributed by atoms with van der Waals surface area (Å²) < 4.78 is 65.1. The van der Waals surface area contributed by atoms with E-state index in [2.05, 4.69) is 31.9 Å². The molecule has 0 amide bonds. The van der Waals surface area contributed by atoms with Crippen LogP contribution in [0.1, 0.15) is 11.3 Å². The number of benzene rings is 1. The van der Waals surface area contributed by atoms with Crippen molar-refractivity contribution in [1.29, 1.82) is 0 Å². The molecule has 0 spiro atoms. The van der Waals surface area contributed by atoms with Crippen molar-refractivity contribution in [3.63, 3.8) is 0 Å². The lowest BCUT2D eigenvalue weighted by molar-refractivity contribution is -0.358. The zero-order chi connectivity index (χ0) is 18.8. The molecule has 0 fully saturated rings. The van der Waals surface area contributed by atoms with Crippen LogP contribution in [0.15, 0.2) is 46.7 Å². The number of ether oxygens (including phenoxy) is 1. The Labute approximate surface area is 162 Å². The van der Waals surface area contributed by atoms with E-state index in [1.807, 2.05) is 0 Å². The van der Waals surface area contributed by atoms with Crippen molar-refractivity contribution < 1.29 is 26.6 Å². The van der Waals surface area contributed by atoms with Gasteiger partial charge in [-0.25, -0.2) is 8.78 Å². The molecule has 134 valence electrons. The second-order valence-electron chi connectivity index (χ2n) is 5.75. The van der Waals surface area contributed by atoms with Gasteiger partial charge in [-0.15, -0.1) is 0 Å². The van der Waals surface area contributed by atoms with E-state index in [0.717, 1.165) is 21.1 Å². The lowest BCUT2D eigenvalue weighted by Gasteiger charge is -2.32. The predicted molar refractivity (Wildman–Crippen MR) is 97.8 cm³/mol. The Hall–Kier alpha value is -1.81. The number of allylic oxidation sites excluding steroid dienone is 2. The molecule has 4 rings (SSSR count). The maximum absolute atomic E-state index is 15.1. The Balaban J connectivity index is 2.13. The molecule has 2 aliphatic rings. The van der Waals surface area contributed by atoms with Crippen LogP contribution in [0, 0.1) is 11.6 Å². The molecule has 0 N–H and O–H groups in total. The minimum Gasteiger partial charge on any atom is -0.496 e. The van der Waals surface area contributed by atoms with E-state index in [1.165, 1.54) is 31.4 Å². The van der Waals surface area contributed by atoms with Crippen molar-refractivity contribution >= 4 is 49.0 Å². The number of fused-ring (bicyclic) bond motifs is 2. The van der Waals surface area contributed by atoms with Gasteiger partial charge < -0.3 is 22.3 Å². The molecule has 1 aromatic carbocycles. The number of rotatable bonds is 2.